The van der Waals surface area contributed by atoms with Crippen molar-refractivity contribution in [1.29, 1.82) is 0 Å². The first-order chi connectivity index (χ1) is 6.34. The lowest BCUT2D eigenvalue weighted by atomic mass is 10.1. The zero-order chi connectivity index (χ0) is 9.10. The molecule has 1 N–H and O–H groups in total. The Bertz CT molecular complexity index is 378. The summed E-state index contributed by atoms with van der Waals surface area (Å²) >= 11 is 0. The first-order valence-electron chi connectivity index (χ1n) is 4.24. The molecule has 0 spiro atoms. The summed E-state index contributed by atoms with van der Waals surface area (Å²) in [6.45, 7) is 2.00. The topological polar surface area (TPSA) is 41.6 Å². The molecule has 3 nitrogen and oxygen atoms in total. The second kappa shape index (κ2) is 3.39. The Kier molecular flexibility index (Phi) is 2.08. The number of hydrogen-bond donors (Lipinski definition) is 1. The smallest absolute Gasteiger partial charge is 0.0669 e. The minimum atomic E-state index is 0.845. The van der Waals surface area contributed by atoms with E-state index in [1.807, 2.05) is 25.3 Å². The van der Waals surface area contributed by atoms with Gasteiger partial charge < -0.3 is 0 Å². The van der Waals surface area contributed by atoms with E-state index >= 15 is 0 Å². The Balaban J connectivity index is 2.15. The van der Waals surface area contributed by atoms with E-state index in [1.165, 1.54) is 5.56 Å². The van der Waals surface area contributed by atoms with Gasteiger partial charge in [-0.1, -0.05) is 6.07 Å². The van der Waals surface area contributed by atoms with Crippen molar-refractivity contribution in [1.82, 2.24) is 15.2 Å². The van der Waals surface area contributed by atoms with Crippen LogP contribution in [0, 0.1) is 6.92 Å². The van der Waals surface area contributed by atoms with Crippen LogP contribution in [-0.2, 0) is 6.42 Å². The molecule has 0 aliphatic rings. The molecule has 2 heterocycles. The van der Waals surface area contributed by atoms with Crippen molar-refractivity contribution in [3.8, 4) is 0 Å². The van der Waals surface area contributed by atoms with Crippen molar-refractivity contribution in [2.75, 3.05) is 0 Å². The third-order valence-electron chi connectivity index (χ3n) is 1.87. The maximum atomic E-state index is 4.16. The average Bonchev–Trinajstić information content (AvgIpc) is 2.53. The standard InChI is InChI=1S/C10H11N3/c1-8-5-10(13-12-8)6-9-3-2-4-11-7-9/h2-5,7H,6H2,1H3,(H,12,13). The van der Waals surface area contributed by atoms with Gasteiger partial charge in [-0.15, -0.1) is 0 Å². The predicted octanol–water partition coefficient (Wildman–Crippen LogP) is 1.70. The van der Waals surface area contributed by atoms with Crippen molar-refractivity contribution in [2.24, 2.45) is 0 Å². The van der Waals surface area contributed by atoms with E-state index in [0.29, 0.717) is 0 Å². The Morgan fingerprint density at radius 3 is 3.00 bits per heavy atom. The Morgan fingerprint density at radius 1 is 1.46 bits per heavy atom. The predicted molar refractivity (Wildman–Crippen MR) is 50.4 cm³/mol. The van der Waals surface area contributed by atoms with Crippen molar-refractivity contribution >= 4 is 0 Å². The number of aryl methyl sites for hydroxylation is 1. The van der Waals surface area contributed by atoms with Crippen LogP contribution in [0.3, 0.4) is 0 Å². The third kappa shape index (κ3) is 1.93. The van der Waals surface area contributed by atoms with Crippen molar-refractivity contribution in [3.05, 3.63) is 47.5 Å². The summed E-state index contributed by atoms with van der Waals surface area (Å²) in [6, 6.07) is 6.04. The van der Waals surface area contributed by atoms with Crippen LogP contribution in [0.15, 0.2) is 30.6 Å². The fourth-order valence-electron chi connectivity index (χ4n) is 1.28. The van der Waals surface area contributed by atoms with E-state index in [2.05, 4.69) is 21.2 Å². The molecule has 0 saturated carbocycles. The summed E-state index contributed by atoms with van der Waals surface area (Å²) in [6.07, 6.45) is 4.49. The molecule has 13 heavy (non-hydrogen) atoms. The monoisotopic (exact) mass is 173 g/mol. The maximum absolute atomic E-state index is 4.16. The van der Waals surface area contributed by atoms with Gasteiger partial charge in [-0.25, -0.2) is 0 Å². The highest BCUT2D eigenvalue weighted by atomic mass is 15.1. The molecule has 66 valence electrons. The number of nitrogens with zero attached hydrogens (tertiary/aromatic N) is 2. The van der Waals surface area contributed by atoms with Crippen molar-refractivity contribution < 1.29 is 0 Å². The number of hydrogen-bond acceptors (Lipinski definition) is 2. The molecule has 0 saturated heterocycles. The summed E-state index contributed by atoms with van der Waals surface area (Å²) in [7, 11) is 0. The number of aromatic nitrogens is 3. The van der Waals surface area contributed by atoms with Crippen molar-refractivity contribution in [2.45, 2.75) is 13.3 Å². The van der Waals surface area contributed by atoms with Crippen molar-refractivity contribution in [3.63, 3.8) is 0 Å². The van der Waals surface area contributed by atoms with Gasteiger partial charge in [0.25, 0.3) is 0 Å². The Morgan fingerprint density at radius 2 is 2.38 bits per heavy atom. The lowest BCUT2D eigenvalue weighted by Gasteiger charge is -1.94. The van der Waals surface area contributed by atoms with E-state index in [-0.39, 0.29) is 0 Å². The van der Waals surface area contributed by atoms with Gasteiger partial charge >= 0.3 is 0 Å². The fraction of sp³-hybridized carbons (Fsp3) is 0.200. The molecule has 0 bridgehead atoms. The van der Waals surface area contributed by atoms with E-state index < -0.39 is 0 Å². The van der Waals surface area contributed by atoms with E-state index in [0.717, 1.165) is 17.8 Å². The SMILES string of the molecule is Cc1cc(Cc2cccnc2)n[nH]1. The van der Waals surface area contributed by atoms with Crippen LogP contribution >= 0.6 is 0 Å². The molecule has 0 atom stereocenters. The van der Waals surface area contributed by atoms with Gasteiger partial charge in [0.15, 0.2) is 0 Å². The van der Waals surface area contributed by atoms with Crippen LogP contribution in [0.1, 0.15) is 17.0 Å². The van der Waals surface area contributed by atoms with Gasteiger partial charge in [0.1, 0.15) is 0 Å². The Hall–Kier alpha value is -1.64. The lowest BCUT2D eigenvalue weighted by Crippen LogP contribution is -1.88. The first-order valence-corrected chi connectivity index (χ1v) is 4.24. The summed E-state index contributed by atoms with van der Waals surface area (Å²) in [5, 5.41) is 7.08. The normalized spacial score (nSPS) is 10.2. The molecule has 0 radical (unpaired) electrons. The fourth-order valence-corrected chi connectivity index (χ4v) is 1.28. The second-order valence-electron chi connectivity index (χ2n) is 3.08. The number of H-pyrrole nitrogens is 1. The van der Waals surface area contributed by atoms with E-state index in [4.69, 9.17) is 0 Å². The Labute approximate surface area is 76.8 Å². The molecule has 2 aromatic heterocycles. The third-order valence-corrected chi connectivity index (χ3v) is 1.87. The largest absolute Gasteiger partial charge is 0.283 e. The summed E-state index contributed by atoms with van der Waals surface area (Å²) in [5.41, 5.74) is 3.35. The van der Waals surface area contributed by atoms with Gasteiger partial charge in [0.2, 0.25) is 0 Å². The molecule has 0 amide bonds. The van der Waals surface area contributed by atoms with Gasteiger partial charge in [0, 0.05) is 24.5 Å². The van der Waals surface area contributed by atoms with Crippen LogP contribution < -0.4 is 0 Å². The second-order valence-corrected chi connectivity index (χ2v) is 3.08. The highest BCUT2D eigenvalue weighted by molar-refractivity contribution is 5.18. The highest BCUT2D eigenvalue weighted by Gasteiger charge is 1.98. The van der Waals surface area contributed by atoms with Crippen LogP contribution in [0.2, 0.25) is 0 Å². The van der Waals surface area contributed by atoms with Gasteiger partial charge in [-0.3, -0.25) is 10.1 Å². The van der Waals surface area contributed by atoms with E-state index in [1.54, 1.807) is 6.20 Å². The molecular formula is C10H11N3. The molecule has 2 rings (SSSR count). The number of rotatable bonds is 2. The molecule has 3 heteroatoms. The number of nitrogens with one attached hydrogen (secondary N) is 1. The van der Waals surface area contributed by atoms with Crippen LogP contribution in [0.4, 0.5) is 0 Å². The zero-order valence-corrected chi connectivity index (χ0v) is 7.49. The van der Waals surface area contributed by atoms with Crippen LogP contribution in [-0.4, -0.2) is 15.2 Å². The van der Waals surface area contributed by atoms with Gasteiger partial charge in [-0.2, -0.15) is 5.10 Å². The van der Waals surface area contributed by atoms with Crippen LogP contribution in [0.5, 0.6) is 0 Å². The van der Waals surface area contributed by atoms with Crippen LogP contribution in [0.25, 0.3) is 0 Å². The summed E-state index contributed by atoms with van der Waals surface area (Å²) in [5.74, 6) is 0. The molecule has 0 aromatic carbocycles. The zero-order valence-electron chi connectivity index (χ0n) is 7.49. The van der Waals surface area contributed by atoms with E-state index in [9.17, 15) is 0 Å². The quantitative estimate of drug-likeness (QED) is 0.751. The minimum Gasteiger partial charge on any atom is -0.283 e. The lowest BCUT2D eigenvalue weighted by molar-refractivity contribution is 0.975. The molecule has 0 fully saturated rings. The van der Waals surface area contributed by atoms with Gasteiger partial charge in [0.05, 0.1) is 5.69 Å². The molecule has 0 aliphatic heterocycles. The molecule has 0 unspecified atom stereocenters. The number of aromatic amines is 1. The highest BCUT2D eigenvalue weighted by Crippen LogP contribution is 2.05. The first kappa shape index (κ1) is 7.98. The van der Waals surface area contributed by atoms with Gasteiger partial charge in [-0.05, 0) is 24.6 Å². The minimum absolute atomic E-state index is 0.845. The number of pyridine rings is 1. The molecule has 2 aromatic rings. The summed E-state index contributed by atoms with van der Waals surface area (Å²) < 4.78 is 0. The molecular weight excluding hydrogens is 162 g/mol. The average molecular weight is 173 g/mol. The maximum Gasteiger partial charge on any atom is 0.0669 e. The summed E-state index contributed by atoms with van der Waals surface area (Å²) in [4.78, 5) is 4.05. The molecule has 0 aliphatic carbocycles.